The van der Waals surface area contributed by atoms with Crippen LogP contribution in [-0.4, -0.2) is 59.1 Å². The number of hydrogen-bond acceptors (Lipinski definition) is 11. The number of aromatic nitrogens is 6. The highest BCUT2D eigenvalue weighted by Gasteiger charge is 2.43. The molecule has 1 aromatic carbocycles. The minimum atomic E-state index is -0.552. The van der Waals surface area contributed by atoms with Crippen molar-refractivity contribution in [2.75, 3.05) is 23.8 Å². The zero-order valence-electron chi connectivity index (χ0n) is 23.3. The first-order valence-corrected chi connectivity index (χ1v) is 13.5. The molecule has 6 rings (SSSR count). The number of hydrogen-bond donors (Lipinski definition) is 3. The first-order valence-electron chi connectivity index (χ1n) is 13.5. The summed E-state index contributed by atoms with van der Waals surface area (Å²) in [6, 6.07) is 18.0. The van der Waals surface area contributed by atoms with Crippen LogP contribution in [0.25, 0.3) is 23.0 Å². The van der Waals surface area contributed by atoms with Gasteiger partial charge in [0, 0.05) is 18.9 Å². The molecule has 0 unspecified atom stereocenters. The van der Waals surface area contributed by atoms with Gasteiger partial charge < -0.3 is 25.2 Å². The Morgan fingerprint density at radius 1 is 0.976 bits per heavy atom. The number of amides is 1. The van der Waals surface area contributed by atoms with Gasteiger partial charge in [-0.2, -0.15) is 9.97 Å². The average Bonchev–Trinajstić information content (AvgIpc) is 3.57. The van der Waals surface area contributed by atoms with Crippen LogP contribution >= 0.6 is 0 Å². The number of aliphatic hydroxyl groups is 1. The summed E-state index contributed by atoms with van der Waals surface area (Å²) in [5.41, 5.74) is 2.59. The molecule has 0 fully saturated rings. The third kappa shape index (κ3) is 4.92. The van der Waals surface area contributed by atoms with E-state index in [9.17, 15) is 9.90 Å². The van der Waals surface area contributed by atoms with Crippen LogP contribution in [0.2, 0.25) is 0 Å². The van der Waals surface area contributed by atoms with Gasteiger partial charge in [0.25, 0.3) is 11.8 Å². The number of nitrogens with one attached hydrogen (secondary N) is 2. The first kappa shape index (κ1) is 27.0. The van der Waals surface area contributed by atoms with Crippen LogP contribution in [0.15, 0.2) is 77.6 Å². The fourth-order valence-electron chi connectivity index (χ4n) is 5.07. The monoisotopic (exact) mass is 563 g/mol. The van der Waals surface area contributed by atoms with Crippen molar-refractivity contribution in [3.8, 4) is 23.0 Å². The molecule has 1 amide bonds. The zero-order chi connectivity index (χ0) is 29.3. The Morgan fingerprint density at radius 2 is 1.79 bits per heavy atom. The Hall–Kier alpha value is -5.23. The quantitative estimate of drug-likeness (QED) is 0.231. The molecule has 0 radical (unpaired) electrons. The maximum atomic E-state index is 12.9. The molecule has 5 aromatic rings. The minimum absolute atomic E-state index is 0.0378. The van der Waals surface area contributed by atoms with Crippen molar-refractivity contribution < 1.29 is 14.4 Å². The van der Waals surface area contributed by atoms with Crippen LogP contribution in [0.3, 0.4) is 0 Å². The fraction of sp³-hybridized carbons (Fsp3) is 0.233. The molecule has 0 saturated carbocycles. The van der Waals surface area contributed by atoms with Crippen LogP contribution < -0.4 is 10.6 Å². The molecule has 42 heavy (non-hydrogen) atoms. The van der Waals surface area contributed by atoms with Gasteiger partial charge in [-0.25, -0.2) is 9.97 Å². The molecule has 12 nitrogen and oxygen atoms in total. The molecule has 0 bridgehead atoms. The molecule has 1 atom stereocenters. The minimum Gasteiger partial charge on any atom is -0.394 e. The van der Waals surface area contributed by atoms with Crippen LogP contribution in [0.5, 0.6) is 0 Å². The number of nitrogens with zero attached hydrogens (tertiary/aromatic N) is 7. The second-order valence-electron chi connectivity index (χ2n) is 10.2. The van der Waals surface area contributed by atoms with Crippen LogP contribution in [0.1, 0.15) is 48.4 Å². The lowest BCUT2D eigenvalue weighted by molar-refractivity contribution is 0.0631. The van der Waals surface area contributed by atoms with Crippen molar-refractivity contribution >= 4 is 23.5 Å². The maximum Gasteiger partial charge on any atom is 0.263 e. The second kappa shape index (κ2) is 11.0. The third-order valence-electron chi connectivity index (χ3n) is 7.22. The highest BCUT2D eigenvalue weighted by atomic mass is 16.5. The summed E-state index contributed by atoms with van der Waals surface area (Å²) < 4.78 is 5.58. The van der Waals surface area contributed by atoms with Crippen molar-refractivity contribution in [2.45, 2.75) is 32.4 Å². The topological polar surface area (TPSA) is 155 Å². The maximum absolute atomic E-state index is 12.9. The molecule has 1 aliphatic rings. The van der Waals surface area contributed by atoms with Crippen LogP contribution in [0, 0.1) is 0 Å². The molecular formula is C30H29N9O3. The molecule has 0 saturated heterocycles. The Balaban J connectivity index is 1.36. The number of pyridine rings is 2. The van der Waals surface area contributed by atoms with Gasteiger partial charge in [0.2, 0.25) is 11.8 Å². The standard InChI is InChI=1S/C30H29N9O3/c1-4-39-28(41)19-13-14-23(34-24(19)30(39,2)3)35-29-32-16-20(27-36-26(38-42-27)21-12-8-9-15-31-21)25(37-29)33-22(17-40)18-10-6-5-7-11-18/h5-16,22,40H,4,17H2,1-3H3,(H2,32,33,34,35,37)/t22-/m1/s1. The van der Waals surface area contributed by atoms with E-state index in [4.69, 9.17) is 14.5 Å². The Labute approximate surface area is 241 Å². The number of rotatable bonds is 9. The van der Waals surface area contributed by atoms with Gasteiger partial charge in [0.1, 0.15) is 22.9 Å². The number of anilines is 3. The summed E-state index contributed by atoms with van der Waals surface area (Å²) in [4.78, 5) is 37.4. The predicted molar refractivity (Wildman–Crippen MR) is 156 cm³/mol. The van der Waals surface area contributed by atoms with E-state index in [0.29, 0.717) is 46.5 Å². The van der Waals surface area contributed by atoms with E-state index in [1.165, 1.54) is 0 Å². The van der Waals surface area contributed by atoms with E-state index in [-0.39, 0.29) is 24.4 Å². The van der Waals surface area contributed by atoms with Gasteiger partial charge in [-0.05, 0) is 50.6 Å². The summed E-state index contributed by atoms with van der Waals surface area (Å²) in [6.45, 7) is 6.30. The SMILES string of the molecule is CCN1C(=O)c2ccc(Nc3ncc(-c4nc(-c5ccccn5)no4)c(N[C@H](CO)c4ccccc4)n3)nc2C1(C)C. The molecule has 3 N–H and O–H groups in total. The van der Waals surface area contributed by atoms with E-state index >= 15 is 0 Å². The van der Waals surface area contributed by atoms with Crippen molar-refractivity contribution in [2.24, 2.45) is 0 Å². The van der Waals surface area contributed by atoms with Gasteiger partial charge in [-0.3, -0.25) is 9.78 Å². The molecule has 0 spiro atoms. The highest BCUT2D eigenvalue weighted by Crippen LogP contribution is 2.38. The summed E-state index contributed by atoms with van der Waals surface area (Å²) >= 11 is 0. The van der Waals surface area contributed by atoms with Crippen molar-refractivity contribution in [1.29, 1.82) is 0 Å². The number of benzene rings is 1. The van der Waals surface area contributed by atoms with E-state index in [1.54, 1.807) is 41.6 Å². The summed E-state index contributed by atoms with van der Waals surface area (Å²) in [6.07, 6.45) is 3.21. The lowest BCUT2D eigenvalue weighted by Crippen LogP contribution is -2.39. The van der Waals surface area contributed by atoms with Crippen LogP contribution in [-0.2, 0) is 5.54 Å². The Kier molecular flexibility index (Phi) is 7.05. The van der Waals surface area contributed by atoms with Gasteiger partial charge in [0.15, 0.2) is 0 Å². The molecule has 5 heterocycles. The van der Waals surface area contributed by atoms with Crippen molar-refractivity contribution in [3.63, 3.8) is 0 Å². The van der Waals surface area contributed by atoms with Crippen molar-refractivity contribution in [3.05, 3.63) is 89.9 Å². The lowest BCUT2D eigenvalue weighted by Gasteiger charge is -2.30. The van der Waals surface area contributed by atoms with Gasteiger partial charge in [0.05, 0.1) is 29.4 Å². The summed E-state index contributed by atoms with van der Waals surface area (Å²) in [7, 11) is 0. The summed E-state index contributed by atoms with van der Waals surface area (Å²) in [5, 5.41) is 20.8. The van der Waals surface area contributed by atoms with E-state index in [0.717, 1.165) is 5.56 Å². The molecule has 4 aromatic heterocycles. The molecule has 12 heteroatoms. The van der Waals surface area contributed by atoms with E-state index < -0.39 is 11.6 Å². The average molecular weight is 564 g/mol. The molecule has 1 aliphatic heterocycles. The molecule has 212 valence electrons. The molecule has 0 aliphatic carbocycles. The third-order valence-corrected chi connectivity index (χ3v) is 7.22. The molecular weight excluding hydrogens is 534 g/mol. The second-order valence-corrected chi connectivity index (χ2v) is 10.2. The summed E-state index contributed by atoms with van der Waals surface area (Å²) in [5.74, 6) is 1.57. The zero-order valence-corrected chi connectivity index (χ0v) is 23.3. The smallest absolute Gasteiger partial charge is 0.263 e. The predicted octanol–water partition coefficient (Wildman–Crippen LogP) is 4.58. The van der Waals surface area contributed by atoms with E-state index in [2.05, 4.69) is 30.7 Å². The Bertz CT molecular complexity index is 1730. The number of aliphatic hydroxyl groups excluding tert-OH is 1. The Morgan fingerprint density at radius 3 is 2.52 bits per heavy atom. The fourth-order valence-corrected chi connectivity index (χ4v) is 5.07. The largest absolute Gasteiger partial charge is 0.394 e. The van der Waals surface area contributed by atoms with Gasteiger partial charge in [-0.1, -0.05) is 41.6 Å². The number of fused-ring (bicyclic) bond motifs is 1. The van der Waals surface area contributed by atoms with Crippen LogP contribution in [0.4, 0.5) is 17.6 Å². The highest BCUT2D eigenvalue weighted by molar-refractivity contribution is 5.99. The first-order chi connectivity index (χ1) is 20.4. The number of carbonyl (C=O) groups is 1. The lowest BCUT2D eigenvalue weighted by atomic mass is 9.99. The van der Waals surface area contributed by atoms with Gasteiger partial charge in [-0.15, -0.1) is 0 Å². The van der Waals surface area contributed by atoms with Crippen molar-refractivity contribution in [1.82, 2.24) is 35.0 Å². The van der Waals surface area contributed by atoms with Gasteiger partial charge >= 0.3 is 0 Å². The normalized spacial score (nSPS) is 14.5. The van der Waals surface area contributed by atoms with E-state index in [1.807, 2.05) is 57.2 Å². The number of carbonyl (C=O) groups excluding carboxylic acids is 1.